The molecule has 0 aliphatic heterocycles. The van der Waals surface area contributed by atoms with Gasteiger partial charge < -0.3 is 9.84 Å². The van der Waals surface area contributed by atoms with Crippen LogP contribution in [0.2, 0.25) is 0 Å². The van der Waals surface area contributed by atoms with Crippen molar-refractivity contribution in [3.63, 3.8) is 0 Å². The Hall–Kier alpha value is -2.40. The van der Waals surface area contributed by atoms with Crippen molar-refractivity contribution in [2.75, 3.05) is 7.11 Å². The molecule has 0 radical (unpaired) electrons. The van der Waals surface area contributed by atoms with Gasteiger partial charge in [-0.25, -0.2) is 4.79 Å². The summed E-state index contributed by atoms with van der Waals surface area (Å²) in [4.78, 5) is 22.7. The number of carboxylic acids is 1. The monoisotopic (exact) mass is 259 g/mol. The molecule has 1 aromatic heterocycles. The molecule has 2 aromatic rings. The molecule has 1 heterocycles. The maximum absolute atomic E-state index is 11.8. The van der Waals surface area contributed by atoms with E-state index >= 15 is 0 Å². The first kappa shape index (κ1) is 13.0. The second kappa shape index (κ2) is 5.49. The van der Waals surface area contributed by atoms with Crippen molar-refractivity contribution in [3.8, 4) is 5.69 Å². The van der Waals surface area contributed by atoms with Gasteiger partial charge in [0.1, 0.15) is 0 Å². The fourth-order valence-corrected chi connectivity index (χ4v) is 1.78. The molecular formula is C14H13NO4. The van der Waals surface area contributed by atoms with Crippen LogP contribution < -0.4 is 5.56 Å². The third-order valence-electron chi connectivity index (χ3n) is 2.66. The number of pyridine rings is 1. The van der Waals surface area contributed by atoms with E-state index in [2.05, 4.69) is 0 Å². The maximum Gasteiger partial charge on any atom is 0.337 e. The van der Waals surface area contributed by atoms with Crippen molar-refractivity contribution < 1.29 is 14.6 Å². The summed E-state index contributed by atoms with van der Waals surface area (Å²) in [6, 6.07) is 9.73. The summed E-state index contributed by atoms with van der Waals surface area (Å²) in [6.45, 7) is 0.432. The lowest BCUT2D eigenvalue weighted by Crippen LogP contribution is -2.18. The molecule has 0 aliphatic carbocycles. The van der Waals surface area contributed by atoms with Gasteiger partial charge >= 0.3 is 5.97 Å². The van der Waals surface area contributed by atoms with E-state index in [9.17, 15) is 9.59 Å². The van der Waals surface area contributed by atoms with Crippen LogP contribution in [-0.4, -0.2) is 22.8 Å². The molecule has 2 rings (SSSR count). The number of ether oxygens (including phenoxy) is 1. The van der Waals surface area contributed by atoms with Gasteiger partial charge in [-0.1, -0.05) is 12.1 Å². The zero-order chi connectivity index (χ0) is 13.8. The van der Waals surface area contributed by atoms with Gasteiger partial charge in [0.25, 0.3) is 5.56 Å². The molecule has 0 amide bonds. The van der Waals surface area contributed by atoms with Crippen molar-refractivity contribution in [1.82, 2.24) is 4.57 Å². The third-order valence-corrected chi connectivity index (χ3v) is 2.66. The Bertz CT molecular complexity index is 660. The van der Waals surface area contributed by atoms with Gasteiger partial charge in [0, 0.05) is 25.1 Å². The first-order valence-corrected chi connectivity index (χ1v) is 5.66. The first-order chi connectivity index (χ1) is 9.11. The second-order valence-electron chi connectivity index (χ2n) is 4.03. The van der Waals surface area contributed by atoms with Crippen LogP contribution in [0.1, 0.15) is 15.9 Å². The highest BCUT2D eigenvalue weighted by molar-refractivity contribution is 5.87. The molecule has 0 atom stereocenters. The topological polar surface area (TPSA) is 68.5 Å². The van der Waals surface area contributed by atoms with Crippen LogP contribution in [0.4, 0.5) is 0 Å². The molecule has 5 nitrogen and oxygen atoms in total. The number of hydrogen-bond donors (Lipinski definition) is 1. The van der Waals surface area contributed by atoms with E-state index in [0.29, 0.717) is 12.3 Å². The quantitative estimate of drug-likeness (QED) is 0.907. The van der Waals surface area contributed by atoms with Crippen molar-refractivity contribution in [3.05, 3.63) is 64.1 Å². The molecule has 0 bridgehead atoms. The van der Waals surface area contributed by atoms with Gasteiger partial charge in [0.2, 0.25) is 0 Å². The highest BCUT2D eigenvalue weighted by atomic mass is 16.5. The molecule has 1 N–H and O–H groups in total. The van der Waals surface area contributed by atoms with Gasteiger partial charge in [-0.2, -0.15) is 0 Å². The summed E-state index contributed by atoms with van der Waals surface area (Å²) in [5.41, 5.74) is 1.31. The van der Waals surface area contributed by atoms with Crippen LogP contribution in [0, 0.1) is 0 Å². The van der Waals surface area contributed by atoms with Crippen molar-refractivity contribution in [2.24, 2.45) is 0 Å². The van der Waals surface area contributed by atoms with Crippen LogP contribution >= 0.6 is 0 Å². The van der Waals surface area contributed by atoms with E-state index in [1.165, 1.54) is 22.9 Å². The first-order valence-electron chi connectivity index (χ1n) is 5.66. The van der Waals surface area contributed by atoms with Gasteiger partial charge in [-0.3, -0.25) is 9.36 Å². The molecule has 5 heteroatoms. The van der Waals surface area contributed by atoms with E-state index < -0.39 is 5.97 Å². The van der Waals surface area contributed by atoms with E-state index in [1.807, 2.05) is 6.07 Å². The zero-order valence-corrected chi connectivity index (χ0v) is 10.4. The van der Waals surface area contributed by atoms with Crippen LogP contribution in [0.3, 0.4) is 0 Å². The summed E-state index contributed by atoms with van der Waals surface area (Å²) in [5.74, 6) is -1.07. The Morgan fingerprint density at radius 2 is 2.11 bits per heavy atom. The van der Waals surface area contributed by atoms with Crippen LogP contribution in [-0.2, 0) is 11.3 Å². The van der Waals surface area contributed by atoms with E-state index in [-0.39, 0.29) is 11.1 Å². The number of nitrogens with zero attached hydrogens (tertiary/aromatic N) is 1. The van der Waals surface area contributed by atoms with Crippen molar-refractivity contribution in [1.29, 1.82) is 0 Å². The van der Waals surface area contributed by atoms with Crippen molar-refractivity contribution >= 4 is 5.97 Å². The largest absolute Gasteiger partial charge is 0.478 e. The predicted molar refractivity (Wildman–Crippen MR) is 69.7 cm³/mol. The molecule has 0 aliphatic rings. The van der Waals surface area contributed by atoms with Gasteiger partial charge in [-0.15, -0.1) is 0 Å². The standard InChI is InChI=1S/C14H13NO4/c1-19-9-10-3-2-4-12(7-10)15-8-11(14(17)18)5-6-13(15)16/h2-8H,9H2,1H3,(H,17,18). The van der Waals surface area contributed by atoms with Crippen molar-refractivity contribution in [2.45, 2.75) is 6.61 Å². The number of benzene rings is 1. The minimum atomic E-state index is -1.07. The summed E-state index contributed by atoms with van der Waals surface area (Å²) >= 11 is 0. The third kappa shape index (κ3) is 2.89. The minimum Gasteiger partial charge on any atom is -0.478 e. The Labute approximate surface area is 109 Å². The SMILES string of the molecule is COCc1cccc(-n2cc(C(=O)O)ccc2=O)c1. The molecule has 0 saturated heterocycles. The number of rotatable bonds is 4. The summed E-state index contributed by atoms with van der Waals surface area (Å²) in [6.07, 6.45) is 1.32. The van der Waals surface area contributed by atoms with Crippen LogP contribution in [0.25, 0.3) is 5.69 Å². The fourth-order valence-electron chi connectivity index (χ4n) is 1.78. The molecular weight excluding hydrogens is 246 g/mol. The van der Waals surface area contributed by atoms with Gasteiger partial charge in [0.05, 0.1) is 12.2 Å². The smallest absolute Gasteiger partial charge is 0.337 e. The number of hydrogen-bond acceptors (Lipinski definition) is 3. The van der Waals surface area contributed by atoms with Crippen LogP contribution in [0.15, 0.2) is 47.4 Å². The normalized spacial score (nSPS) is 10.4. The van der Waals surface area contributed by atoms with E-state index in [4.69, 9.17) is 9.84 Å². The molecule has 0 unspecified atom stereocenters. The lowest BCUT2D eigenvalue weighted by atomic mass is 10.2. The lowest BCUT2D eigenvalue weighted by molar-refractivity contribution is 0.0696. The lowest BCUT2D eigenvalue weighted by Gasteiger charge is -2.08. The Balaban J connectivity index is 2.51. The van der Waals surface area contributed by atoms with Gasteiger partial charge in [-0.05, 0) is 23.8 Å². The van der Waals surface area contributed by atoms with Crippen LogP contribution in [0.5, 0.6) is 0 Å². The number of aromatic nitrogens is 1. The van der Waals surface area contributed by atoms with E-state index in [1.54, 1.807) is 25.3 Å². The summed E-state index contributed by atoms with van der Waals surface area (Å²) in [5, 5.41) is 8.95. The molecule has 0 saturated carbocycles. The average Bonchev–Trinajstić information content (AvgIpc) is 2.39. The molecule has 98 valence electrons. The number of carbonyl (C=O) groups is 1. The summed E-state index contributed by atoms with van der Waals surface area (Å²) < 4.78 is 6.34. The minimum absolute atomic E-state index is 0.0664. The highest BCUT2D eigenvalue weighted by Gasteiger charge is 2.07. The molecule has 1 aromatic carbocycles. The van der Waals surface area contributed by atoms with E-state index in [0.717, 1.165) is 5.56 Å². The maximum atomic E-state index is 11.8. The number of aromatic carboxylic acids is 1. The number of methoxy groups -OCH3 is 1. The zero-order valence-electron chi connectivity index (χ0n) is 10.4. The predicted octanol–water partition coefficient (Wildman–Crippen LogP) is 1.68. The molecule has 19 heavy (non-hydrogen) atoms. The second-order valence-corrected chi connectivity index (χ2v) is 4.03. The molecule has 0 spiro atoms. The number of carboxylic acid groups (broad SMARTS) is 1. The average molecular weight is 259 g/mol. The Morgan fingerprint density at radius 3 is 2.79 bits per heavy atom. The summed E-state index contributed by atoms with van der Waals surface area (Å²) in [7, 11) is 1.59. The highest BCUT2D eigenvalue weighted by Crippen LogP contribution is 2.10. The fraction of sp³-hybridized carbons (Fsp3) is 0.143. The Kier molecular flexibility index (Phi) is 3.77. The van der Waals surface area contributed by atoms with Gasteiger partial charge in [0.15, 0.2) is 0 Å². The Morgan fingerprint density at radius 1 is 1.32 bits per heavy atom. The molecule has 0 fully saturated rings.